The molecule has 0 spiro atoms. The van der Waals surface area contributed by atoms with Gasteiger partial charge in [0.2, 0.25) is 5.95 Å². The van der Waals surface area contributed by atoms with E-state index in [1.807, 2.05) is 11.6 Å². The zero-order valence-electron chi connectivity index (χ0n) is 14.4. The number of alkyl halides is 3. The lowest BCUT2D eigenvalue weighted by Gasteiger charge is -2.18. The minimum Gasteiger partial charge on any atom is -0.488 e. The van der Waals surface area contributed by atoms with E-state index >= 15 is 0 Å². The van der Waals surface area contributed by atoms with E-state index < -0.39 is 11.7 Å². The molecule has 1 atom stereocenters. The Bertz CT molecular complexity index is 830. The molecule has 7 nitrogen and oxygen atoms in total. The number of nitrogens with one attached hydrogen (secondary N) is 2. The molecule has 2 bridgehead atoms. The van der Waals surface area contributed by atoms with Crippen LogP contribution in [0.4, 0.5) is 30.8 Å². The van der Waals surface area contributed by atoms with Gasteiger partial charge in [-0.15, -0.1) is 0 Å². The van der Waals surface area contributed by atoms with Crippen LogP contribution in [0, 0.1) is 6.92 Å². The van der Waals surface area contributed by atoms with Gasteiger partial charge in [0.15, 0.2) is 11.6 Å². The molecule has 140 valence electrons. The van der Waals surface area contributed by atoms with Crippen LogP contribution in [0.5, 0.6) is 5.75 Å². The number of hydrogen-bond acceptors (Lipinski definition) is 6. The van der Waals surface area contributed by atoms with Crippen LogP contribution in [-0.2, 0) is 6.18 Å². The molecular formula is C16H19F3N6O. The Balaban J connectivity index is 1.79. The van der Waals surface area contributed by atoms with Crippen molar-refractivity contribution >= 4 is 17.6 Å². The van der Waals surface area contributed by atoms with Gasteiger partial charge in [0.1, 0.15) is 17.1 Å². The van der Waals surface area contributed by atoms with E-state index in [1.54, 1.807) is 6.92 Å². The van der Waals surface area contributed by atoms with Gasteiger partial charge in [-0.3, -0.25) is 0 Å². The number of hydrogen-bond donors (Lipinski definition) is 2. The average Bonchev–Trinajstić information content (AvgIpc) is 3.34. The van der Waals surface area contributed by atoms with E-state index in [2.05, 4.69) is 25.7 Å². The van der Waals surface area contributed by atoms with Crippen LogP contribution >= 0.6 is 0 Å². The van der Waals surface area contributed by atoms with Crippen molar-refractivity contribution < 1.29 is 17.9 Å². The average molecular weight is 368 g/mol. The first-order valence-electron chi connectivity index (χ1n) is 8.52. The van der Waals surface area contributed by atoms with E-state index in [0.29, 0.717) is 24.6 Å². The van der Waals surface area contributed by atoms with E-state index in [0.717, 1.165) is 24.7 Å². The normalized spacial score (nSPS) is 20.3. The lowest BCUT2D eigenvalue weighted by atomic mass is 10.2. The van der Waals surface area contributed by atoms with Crippen molar-refractivity contribution in [2.75, 3.05) is 17.2 Å². The maximum Gasteiger partial charge on any atom is 0.421 e. The number of aromatic nitrogens is 4. The van der Waals surface area contributed by atoms with Crippen LogP contribution in [0.2, 0.25) is 0 Å². The molecule has 2 aromatic heterocycles. The highest BCUT2D eigenvalue weighted by atomic mass is 19.4. The first kappa shape index (κ1) is 16.9. The van der Waals surface area contributed by atoms with Crippen LogP contribution in [0.3, 0.4) is 0 Å². The lowest BCUT2D eigenvalue weighted by molar-refractivity contribution is -0.137. The Morgan fingerprint density at radius 1 is 1.27 bits per heavy atom. The summed E-state index contributed by atoms with van der Waals surface area (Å²) < 4.78 is 47.5. The van der Waals surface area contributed by atoms with Gasteiger partial charge >= 0.3 is 6.18 Å². The second-order valence-corrected chi connectivity index (χ2v) is 6.70. The van der Waals surface area contributed by atoms with Crippen LogP contribution < -0.4 is 15.4 Å². The molecule has 0 radical (unpaired) electrons. The van der Waals surface area contributed by atoms with Crippen molar-refractivity contribution in [2.24, 2.45) is 0 Å². The van der Waals surface area contributed by atoms with E-state index in [9.17, 15) is 13.2 Å². The Morgan fingerprint density at radius 2 is 2.04 bits per heavy atom. The number of aryl methyl sites for hydroxylation is 1. The Kier molecular flexibility index (Phi) is 3.92. The number of fused-ring (bicyclic) bond motifs is 3. The third-order valence-electron chi connectivity index (χ3n) is 4.43. The smallest absolute Gasteiger partial charge is 0.421 e. The van der Waals surface area contributed by atoms with Gasteiger partial charge in [0, 0.05) is 18.7 Å². The lowest BCUT2D eigenvalue weighted by Crippen LogP contribution is -2.22. The molecule has 0 amide bonds. The van der Waals surface area contributed by atoms with Crippen molar-refractivity contribution in [3.63, 3.8) is 0 Å². The van der Waals surface area contributed by atoms with Crippen LogP contribution in [0.15, 0.2) is 6.20 Å². The minimum atomic E-state index is -4.53. The number of halogens is 3. The third kappa shape index (κ3) is 3.15. The van der Waals surface area contributed by atoms with E-state index in [4.69, 9.17) is 4.74 Å². The van der Waals surface area contributed by atoms with Gasteiger partial charge in [-0.25, -0.2) is 9.67 Å². The van der Waals surface area contributed by atoms with Crippen LogP contribution in [0.1, 0.15) is 43.5 Å². The molecule has 2 aromatic rings. The molecule has 1 aliphatic heterocycles. The SMILES string of the molecule is Cc1nn(C2CC2)c2c1OCCC(C)Nc1nc(ncc1C(F)(F)F)N2. The van der Waals surface area contributed by atoms with Crippen molar-refractivity contribution in [3.8, 4) is 5.75 Å². The molecule has 4 rings (SSSR count). The first-order chi connectivity index (χ1) is 12.3. The minimum absolute atomic E-state index is 0.0706. The molecule has 1 saturated carbocycles. The summed E-state index contributed by atoms with van der Waals surface area (Å²) in [5.74, 6) is 1.02. The summed E-state index contributed by atoms with van der Waals surface area (Å²) >= 11 is 0. The zero-order chi connectivity index (χ0) is 18.5. The van der Waals surface area contributed by atoms with Gasteiger partial charge < -0.3 is 15.4 Å². The van der Waals surface area contributed by atoms with Crippen LogP contribution in [0.25, 0.3) is 0 Å². The van der Waals surface area contributed by atoms with Gasteiger partial charge in [0.25, 0.3) is 0 Å². The Labute approximate surface area is 148 Å². The molecule has 0 saturated heterocycles. The standard InChI is InChI=1S/C16H19F3N6O/c1-8-5-6-26-12-9(2)24-25(10-3-4-10)14(12)23-15-20-7-11(16(17,18)19)13(21-8)22-15/h7-8,10H,3-6H2,1-2H3,(H2,20,21,22,23). The summed E-state index contributed by atoms with van der Waals surface area (Å²) in [6, 6.07) is 0.0174. The Morgan fingerprint density at radius 3 is 2.73 bits per heavy atom. The number of ether oxygens (including phenoxy) is 1. The topological polar surface area (TPSA) is 76.9 Å². The quantitative estimate of drug-likeness (QED) is 0.800. The van der Waals surface area contributed by atoms with Gasteiger partial charge in [-0.05, 0) is 26.7 Å². The van der Waals surface area contributed by atoms with E-state index in [1.165, 1.54) is 0 Å². The summed E-state index contributed by atoms with van der Waals surface area (Å²) in [7, 11) is 0. The zero-order valence-corrected chi connectivity index (χ0v) is 14.4. The van der Waals surface area contributed by atoms with Crippen LogP contribution in [-0.4, -0.2) is 32.4 Å². The molecule has 2 aliphatic rings. The molecule has 10 heteroatoms. The molecule has 26 heavy (non-hydrogen) atoms. The molecule has 1 aliphatic carbocycles. The second-order valence-electron chi connectivity index (χ2n) is 6.70. The van der Waals surface area contributed by atoms with Crippen molar-refractivity contribution in [1.29, 1.82) is 0 Å². The molecule has 0 aromatic carbocycles. The Hall–Kier alpha value is -2.52. The summed E-state index contributed by atoms with van der Waals surface area (Å²) in [4.78, 5) is 7.93. The maximum atomic E-state index is 13.3. The molecular weight excluding hydrogens is 349 g/mol. The highest BCUT2D eigenvalue weighted by molar-refractivity contribution is 5.62. The highest BCUT2D eigenvalue weighted by Gasteiger charge is 2.36. The van der Waals surface area contributed by atoms with Crippen molar-refractivity contribution in [3.05, 3.63) is 17.5 Å². The first-order valence-corrected chi connectivity index (χ1v) is 8.52. The number of nitrogens with zero attached hydrogens (tertiary/aromatic N) is 4. The van der Waals surface area contributed by atoms with Gasteiger partial charge in [-0.2, -0.15) is 23.3 Å². The largest absolute Gasteiger partial charge is 0.488 e. The summed E-state index contributed by atoms with van der Waals surface area (Å²) in [6.45, 7) is 3.99. The van der Waals surface area contributed by atoms with Crippen molar-refractivity contribution in [1.82, 2.24) is 19.7 Å². The van der Waals surface area contributed by atoms with Gasteiger partial charge in [0.05, 0.1) is 12.6 Å². The van der Waals surface area contributed by atoms with E-state index in [-0.39, 0.29) is 23.8 Å². The summed E-state index contributed by atoms with van der Waals surface area (Å²) in [5, 5.41) is 10.4. The molecule has 3 heterocycles. The van der Waals surface area contributed by atoms with Crippen molar-refractivity contribution in [2.45, 2.75) is 51.4 Å². The third-order valence-corrected chi connectivity index (χ3v) is 4.43. The highest BCUT2D eigenvalue weighted by Crippen LogP contribution is 2.42. The summed E-state index contributed by atoms with van der Waals surface area (Å²) in [5.41, 5.74) is -0.159. The second kappa shape index (κ2) is 6.03. The van der Waals surface area contributed by atoms with Gasteiger partial charge in [-0.1, -0.05) is 0 Å². The maximum absolute atomic E-state index is 13.3. The monoisotopic (exact) mass is 368 g/mol. The fraction of sp³-hybridized carbons (Fsp3) is 0.562. The molecule has 1 fully saturated rings. The fourth-order valence-electron chi connectivity index (χ4n) is 2.91. The predicted molar refractivity (Wildman–Crippen MR) is 88.7 cm³/mol. The molecule has 1 unspecified atom stereocenters. The fourth-order valence-corrected chi connectivity index (χ4v) is 2.91. The summed E-state index contributed by atoms with van der Waals surface area (Å²) in [6.07, 6.45) is -1.20. The predicted octanol–water partition coefficient (Wildman–Crippen LogP) is 3.66. The molecule has 2 N–H and O–H groups in total. The number of rotatable bonds is 1. The number of anilines is 3.